The summed E-state index contributed by atoms with van der Waals surface area (Å²) < 4.78 is 0. The molecule has 220 valence electrons. The number of carboxylic acid groups (broad SMARTS) is 1. The SMILES string of the molecule is CC(C)C[C@H](NC(=O)CNC(=O)[C@H](Cc1cnc[nH]1)NC(=O)[C@@H](N)CCCCN)C(=O)N[C@H](C(=O)O)[C@@H](C)O. The van der Waals surface area contributed by atoms with Gasteiger partial charge < -0.3 is 47.9 Å². The Bertz CT molecular complexity index is 939. The van der Waals surface area contributed by atoms with Crippen LogP contribution in [0.1, 0.15) is 52.1 Å². The first kappa shape index (κ1) is 33.5. The lowest BCUT2D eigenvalue weighted by molar-refractivity contribution is -0.145. The van der Waals surface area contributed by atoms with E-state index in [0.717, 1.165) is 0 Å². The van der Waals surface area contributed by atoms with Gasteiger partial charge in [0.25, 0.3) is 0 Å². The Labute approximate surface area is 227 Å². The average molecular weight is 555 g/mol. The number of rotatable bonds is 18. The van der Waals surface area contributed by atoms with E-state index >= 15 is 0 Å². The number of amides is 4. The van der Waals surface area contributed by atoms with Crippen LogP contribution in [0.3, 0.4) is 0 Å². The van der Waals surface area contributed by atoms with Gasteiger partial charge in [0.1, 0.15) is 12.1 Å². The van der Waals surface area contributed by atoms with Gasteiger partial charge in [-0.2, -0.15) is 0 Å². The number of aromatic nitrogens is 2. The molecule has 1 rings (SSSR count). The molecule has 0 saturated carbocycles. The molecule has 39 heavy (non-hydrogen) atoms. The van der Waals surface area contributed by atoms with Crippen LogP contribution in [0, 0.1) is 5.92 Å². The number of hydrogen-bond acceptors (Lipinski definition) is 9. The maximum absolute atomic E-state index is 12.9. The molecule has 1 aromatic heterocycles. The minimum absolute atomic E-state index is 0.0477. The number of nitrogens with two attached hydrogens (primary N) is 2. The Morgan fingerprint density at radius 3 is 2.23 bits per heavy atom. The molecular formula is C24H42N8O7. The van der Waals surface area contributed by atoms with E-state index < -0.39 is 66.4 Å². The quantitative estimate of drug-likeness (QED) is 0.0861. The van der Waals surface area contributed by atoms with Crippen LogP contribution in [0.2, 0.25) is 0 Å². The second-order valence-corrected chi connectivity index (χ2v) is 9.77. The number of carbonyl (C=O) groups is 5. The summed E-state index contributed by atoms with van der Waals surface area (Å²) in [6.07, 6.45) is 3.54. The molecule has 11 N–H and O–H groups in total. The van der Waals surface area contributed by atoms with Crippen molar-refractivity contribution in [2.24, 2.45) is 17.4 Å². The van der Waals surface area contributed by atoms with Crippen molar-refractivity contribution in [3.05, 3.63) is 18.2 Å². The molecule has 0 spiro atoms. The summed E-state index contributed by atoms with van der Waals surface area (Å²) in [5.41, 5.74) is 12.0. The molecule has 0 saturated heterocycles. The highest BCUT2D eigenvalue weighted by Crippen LogP contribution is 2.07. The lowest BCUT2D eigenvalue weighted by Gasteiger charge is -2.24. The summed E-state index contributed by atoms with van der Waals surface area (Å²) in [7, 11) is 0. The molecule has 0 bridgehead atoms. The van der Waals surface area contributed by atoms with E-state index in [1.54, 1.807) is 13.8 Å². The van der Waals surface area contributed by atoms with E-state index in [4.69, 9.17) is 11.5 Å². The van der Waals surface area contributed by atoms with E-state index in [9.17, 15) is 34.2 Å². The summed E-state index contributed by atoms with van der Waals surface area (Å²) in [5, 5.41) is 28.6. The van der Waals surface area contributed by atoms with E-state index in [-0.39, 0.29) is 18.8 Å². The second kappa shape index (κ2) is 17.1. The molecular weight excluding hydrogens is 512 g/mol. The zero-order valence-corrected chi connectivity index (χ0v) is 22.6. The van der Waals surface area contributed by atoms with Crippen molar-refractivity contribution in [3.8, 4) is 0 Å². The molecule has 0 aliphatic rings. The van der Waals surface area contributed by atoms with Crippen LogP contribution in [-0.4, -0.2) is 93.1 Å². The number of aliphatic carboxylic acids is 1. The normalized spacial score (nSPS) is 14.9. The first-order chi connectivity index (χ1) is 18.3. The van der Waals surface area contributed by atoms with Crippen LogP contribution in [0.5, 0.6) is 0 Å². The number of aliphatic hydroxyl groups is 1. The minimum atomic E-state index is -1.56. The maximum atomic E-state index is 12.9. The molecule has 0 unspecified atom stereocenters. The van der Waals surface area contributed by atoms with Crippen molar-refractivity contribution in [3.63, 3.8) is 0 Å². The number of nitrogens with one attached hydrogen (secondary N) is 5. The Balaban J connectivity index is 2.83. The lowest BCUT2D eigenvalue weighted by atomic mass is 10.0. The Morgan fingerprint density at radius 1 is 1.00 bits per heavy atom. The third-order valence-corrected chi connectivity index (χ3v) is 5.75. The first-order valence-electron chi connectivity index (χ1n) is 12.9. The molecule has 1 aromatic rings. The third-order valence-electron chi connectivity index (χ3n) is 5.75. The molecule has 0 aromatic carbocycles. The molecule has 4 amide bonds. The largest absolute Gasteiger partial charge is 0.480 e. The predicted octanol–water partition coefficient (Wildman–Crippen LogP) is -2.51. The Kier molecular flexibility index (Phi) is 14.7. The first-order valence-corrected chi connectivity index (χ1v) is 12.9. The van der Waals surface area contributed by atoms with Crippen LogP contribution >= 0.6 is 0 Å². The highest BCUT2D eigenvalue weighted by molar-refractivity contribution is 5.94. The molecule has 15 heteroatoms. The number of unbranched alkanes of at least 4 members (excludes halogenated alkanes) is 1. The van der Waals surface area contributed by atoms with Gasteiger partial charge >= 0.3 is 5.97 Å². The Hall–Kier alpha value is -3.56. The van der Waals surface area contributed by atoms with Gasteiger partial charge in [0.2, 0.25) is 23.6 Å². The van der Waals surface area contributed by atoms with E-state index in [1.165, 1.54) is 19.4 Å². The second-order valence-electron chi connectivity index (χ2n) is 9.77. The smallest absolute Gasteiger partial charge is 0.328 e. The van der Waals surface area contributed by atoms with E-state index in [1.807, 2.05) is 0 Å². The van der Waals surface area contributed by atoms with E-state index in [2.05, 4.69) is 31.2 Å². The van der Waals surface area contributed by atoms with Gasteiger partial charge in [0.15, 0.2) is 6.04 Å². The van der Waals surface area contributed by atoms with Crippen molar-refractivity contribution in [1.82, 2.24) is 31.2 Å². The number of aliphatic hydroxyl groups excluding tert-OH is 1. The average Bonchev–Trinajstić information content (AvgIpc) is 3.37. The van der Waals surface area contributed by atoms with Crippen LogP contribution in [0.25, 0.3) is 0 Å². The summed E-state index contributed by atoms with van der Waals surface area (Å²) >= 11 is 0. The molecule has 0 radical (unpaired) electrons. The van der Waals surface area contributed by atoms with Crippen LogP contribution < -0.4 is 32.7 Å². The van der Waals surface area contributed by atoms with Gasteiger partial charge in [-0.1, -0.05) is 20.3 Å². The third kappa shape index (κ3) is 12.7. The van der Waals surface area contributed by atoms with Crippen molar-refractivity contribution in [2.75, 3.05) is 13.1 Å². The van der Waals surface area contributed by atoms with Gasteiger partial charge in [-0.05, 0) is 38.6 Å². The fourth-order valence-electron chi connectivity index (χ4n) is 3.63. The number of carboxylic acids is 1. The molecule has 1 heterocycles. The van der Waals surface area contributed by atoms with Crippen molar-refractivity contribution >= 4 is 29.6 Å². The summed E-state index contributed by atoms with van der Waals surface area (Å²) in [4.78, 5) is 68.8. The van der Waals surface area contributed by atoms with E-state index in [0.29, 0.717) is 31.5 Å². The van der Waals surface area contributed by atoms with Crippen LogP contribution in [0.4, 0.5) is 0 Å². The zero-order valence-electron chi connectivity index (χ0n) is 22.6. The minimum Gasteiger partial charge on any atom is -0.480 e. The number of hydrogen-bond donors (Lipinski definition) is 9. The molecule has 0 aliphatic heterocycles. The number of nitrogens with zero attached hydrogens (tertiary/aromatic N) is 1. The topological polar surface area (TPSA) is 255 Å². The molecule has 5 atom stereocenters. The highest BCUT2D eigenvalue weighted by Gasteiger charge is 2.30. The molecule has 0 fully saturated rings. The van der Waals surface area contributed by atoms with Gasteiger partial charge in [0.05, 0.1) is 25.0 Å². The van der Waals surface area contributed by atoms with Crippen LogP contribution in [0.15, 0.2) is 12.5 Å². The van der Waals surface area contributed by atoms with Gasteiger partial charge in [-0.3, -0.25) is 19.2 Å². The monoisotopic (exact) mass is 554 g/mol. The maximum Gasteiger partial charge on any atom is 0.328 e. The van der Waals surface area contributed by atoms with Crippen molar-refractivity contribution < 1.29 is 34.2 Å². The Morgan fingerprint density at radius 2 is 1.69 bits per heavy atom. The standard InChI is InChI=1S/C24H42N8O7/c1-13(2)8-17(23(37)32-20(14(3)33)24(38)39)30-19(34)11-28-22(36)18(9-15-10-27-12-29-15)31-21(35)16(26)6-4-5-7-25/h10,12-14,16-18,20,33H,4-9,11,25-26H2,1-3H3,(H,27,29)(H,28,36)(H,30,34)(H,31,35)(H,32,37)(H,38,39)/t14-,16+,17+,18+,20+/m1/s1. The fourth-order valence-corrected chi connectivity index (χ4v) is 3.63. The summed E-state index contributed by atoms with van der Waals surface area (Å²) in [6, 6.07) is -4.58. The predicted molar refractivity (Wildman–Crippen MR) is 141 cm³/mol. The number of carbonyl (C=O) groups excluding carboxylic acids is 4. The van der Waals surface area contributed by atoms with Crippen molar-refractivity contribution in [1.29, 1.82) is 0 Å². The van der Waals surface area contributed by atoms with Crippen molar-refractivity contribution in [2.45, 2.75) is 83.1 Å². The number of aromatic amines is 1. The fraction of sp³-hybridized carbons (Fsp3) is 0.667. The number of imidazole rings is 1. The summed E-state index contributed by atoms with van der Waals surface area (Å²) in [6.45, 7) is 4.79. The molecule has 0 aliphatic carbocycles. The zero-order chi connectivity index (χ0) is 29.5. The lowest BCUT2D eigenvalue weighted by Crippen LogP contribution is -2.57. The highest BCUT2D eigenvalue weighted by atomic mass is 16.4. The van der Waals surface area contributed by atoms with Gasteiger partial charge in [-0.15, -0.1) is 0 Å². The summed E-state index contributed by atoms with van der Waals surface area (Å²) in [5.74, 6) is -4.16. The van der Waals surface area contributed by atoms with Gasteiger partial charge in [0, 0.05) is 18.3 Å². The van der Waals surface area contributed by atoms with Crippen LogP contribution in [-0.2, 0) is 30.4 Å². The molecule has 15 nitrogen and oxygen atoms in total. The number of H-pyrrole nitrogens is 1. The van der Waals surface area contributed by atoms with Gasteiger partial charge in [-0.25, -0.2) is 9.78 Å².